The van der Waals surface area contributed by atoms with Gasteiger partial charge in [0.25, 0.3) is 0 Å². The van der Waals surface area contributed by atoms with E-state index in [9.17, 15) is 0 Å². The lowest BCUT2D eigenvalue weighted by atomic mass is 10.1. The summed E-state index contributed by atoms with van der Waals surface area (Å²) in [5, 5.41) is 5.89. The van der Waals surface area contributed by atoms with Crippen molar-refractivity contribution < 1.29 is 0 Å². The lowest BCUT2D eigenvalue weighted by molar-refractivity contribution is 0.744. The van der Waals surface area contributed by atoms with Gasteiger partial charge in [0.15, 0.2) is 0 Å². The largest absolute Gasteiger partial charge is 0.385 e. The molecule has 0 aliphatic heterocycles. The third kappa shape index (κ3) is 2.72. The minimum Gasteiger partial charge on any atom is -0.385 e. The smallest absolute Gasteiger partial charge is 0.0347 e. The number of nitrogens with zero attached hydrogens (tertiary/aromatic N) is 1. The second-order valence-electron chi connectivity index (χ2n) is 4.07. The lowest BCUT2D eigenvalue weighted by Gasteiger charge is -2.06. The fraction of sp³-hybridized carbons (Fsp3) is 0.357. The zero-order chi connectivity index (χ0) is 11.2. The second kappa shape index (κ2) is 5.50. The molecule has 0 atom stereocenters. The molecule has 0 spiro atoms. The van der Waals surface area contributed by atoms with E-state index < -0.39 is 0 Å². The first-order chi connectivity index (χ1) is 7.90. The van der Waals surface area contributed by atoms with Crippen molar-refractivity contribution >= 4 is 16.5 Å². The molecule has 2 nitrogen and oxygen atoms in total. The van der Waals surface area contributed by atoms with Crippen LogP contribution in [0.2, 0.25) is 0 Å². The molecule has 0 aliphatic carbocycles. The number of aromatic nitrogens is 1. The Hall–Kier alpha value is -1.57. The molecule has 84 valence electrons. The van der Waals surface area contributed by atoms with Crippen molar-refractivity contribution in [2.45, 2.75) is 26.2 Å². The summed E-state index contributed by atoms with van der Waals surface area (Å²) in [7, 11) is 0. The van der Waals surface area contributed by atoms with Crippen LogP contribution in [0.15, 0.2) is 36.7 Å². The summed E-state index contributed by atoms with van der Waals surface area (Å²) >= 11 is 0. The monoisotopic (exact) mass is 214 g/mol. The Morgan fingerprint density at radius 2 is 2.06 bits per heavy atom. The lowest BCUT2D eigenvalue weighted by Crippen LogP contribution is -2.00. The van der Waals surface area contributed by atoms with Gasteiger partial charge in [0.2, 0.25) is 0 Å². The summed E-state index contributed by atoms with van der Waals surface area (Å²) in [5.41, 5.74) is 1.19. The van der Waals surface area contributed by atoms with E-state index in [-0.39, 0.29) is 0 Å². The van der Waals surface area contributed by atoms with E-state index in [4.69, 9.17) is 0 Å². The van der Waals surface area contributed by atoms with Gasteiger partial charge in [0.05, 0.1) is 0 Å². The summed E-state index contributed by atoms with van der Waals surface area (Å²) in [5.74, 6) is 0. The Bertz CT molecular complexity index is 451. The number of nitrogens with one attached hydrogen (secondary N) is 1. The minimum atomic E-state index is 1.06. The third-order valence-electron chi connectivity index (χ3n) is 2.75. The molecule has 0 saturated carbocycles. The number of anilines is 1. The Kier molecular flexibility index (Phi) is 3.76. The number of benzene rings is 1. The number of unbranched alkanes of at least 4 members (excludes halogenated alkanes) is 2. The molecule has 1 aromatic carbocycles. The predicted octanol–water partition coefficient (Wildman–Crippen LogP) is 3.84. The molecule has 16 heavy (non-hydrogen) atoms. The van der Waals surface area contributed by atoms with Crippen LogP contribution < -0.4 is 5.32 Å². The van der Waals surface area contributed by atoms with Crippen LogP contribution >= 0.6 is 0 Å². The van der Waals surface area contributed by atoms with Gasteiger partial charge in [0, 0.05) is 30.0 Å². The number of hydrogen-bond acceptors (Lipinski definition) is 2. The van der Waals surface area contributed by atoms with Crippen molar-refractivity contribution in [3.05, 3.63) is 36.7 Å². The van der Waals surface area contributed by atoms with Gasteiger partial charge in [-0.3, -0.25) is 4.98 Å². The molecule has 1 heterocycles. The fourth-order valence-corrected chi connectivity index (χ4v) is 1.80. The molecule has 2 aromatic rings. The fourth-order valence-electron chi connectivity index (χ4n) is 1.80. The highest BCUT2D eigenvalue weighted by Crippen LogP contribution is 2.17. The predicted molar refractivity (Wildman–Crippen MR) is 69.8 cm³/mol. The van der Waals surface area contributed by atoms with Crippen molar-refractivity contribution in [2.75, 3.05) is 11.9 Å². The highest BCUT2D eigenvalue weighted by molar-refractivity contribution is 5.84. The first kappa shape index (κ1) is 10.9. The van der Waals surface area contributed by atoms with Crippen LogP contribution in [0.25, 0.3) is 10.8 Å². The van der Waals surface area contributed by atoms with Crippen LogP contribution in [0.5, 0.6) is 0 Å². The molecule has 1 N–H and O–H groups in total. The first-order valence-corrected chi connectivity index (χ1v) is 5.98. The topological polar surface area (TPSA) is 24.9 Å². The molecule has 0 amide bonds. The van der Waals surface area contributed by atoms with Crippen molar-refractivity contribution in [2.24, 2.45) is 0 Å². The summed E-state index contributed by atoms with van der Waals surface area (Å²) in [4.78, 5) is 4.14. The molecule has 0 unspecified atom stereocenters. The van der Waals surface area contributed by atoms with Gasteiger partial charge in [-0.1, -0.05) is 25.8 Å². The Morgan fingerprint density at radius 3 is 2.94 bits per heavy atom. The number of fused-ring (bicyclic) bond motifs is 1. The molecule has 2 heteroatoms. The van der Waals surface area contributed by atoms with E-state index in [1.165, 1.54) is 35.7 Å². The quantitative estimate of drug-likeness (QED) is 0.765. The average molecular weight is 214 g/mol. The van der Waals surface area contributed by atoms with Crippen LogP contribution in [-0.2, 0) is 0 Å². The van der Waals surface area contributed by atoms with E-state index >= 15 is 0 Å². The zero-order valence-electron chi connectivity index (χ0n) is 9.74. The van der Waals surface area contributed by atoms with Crippen molar-refractivity contribution in [1.82, 2.24) is 4.98 Å². The standard InChI is InChI=1S/C14H18N2/c1-2-3-4-8-16-14-6-5-12-7-9-15-11-13(12)10-14/h5-7,9-11,16H,2-4,8H2,1H3. The Morgan fingerprint density at radius 1 is 1.12 bits per heavy atom. The molecule has 0 aliphatic rings. The third-order valence-corrected chi connectivity index (χ3v) is 2.75. The molecule has 0 bridgehead atoms. The molecular formula is C14H18N2. The normalized spacial score (nSPS) is 10.6. The van der Waals surface area contributed by atoms with E-state index in [0.717, 1.165) is 6.54 Å². The SMILES string of the molecule is CCCCCNc1ccc2ccncc2c1. The van der Waals surface area contributed by atoms with Gasteiger partial charge in [-0.05, 0) is 30.0 Å². The molecule has 0 radical (unpaired) electrons. The maximum Gasteiger partial charge on any atom is 0.0347 e. The number of rotatable bonds is 5. The highest BCUT2D eigenvalue weighted by atomic mass is 14.9. The molecule has 1 aromatic heterocycles. The minimum absolute atomic E-state index is 1.06. The van der Waals surface area contributed by atoms with Gasteiger partial charge < -0.3 is 5.32 Å². The van der Waals surface area contributed by atoms with Crippen LogP contribution in [-0.4, -0.2) is 11.5 Å². The van der Waals surface area contributed by atoms with E-state index in [1.807, 2.05) is 18.5 Å². The summed E-state index contributed by atoms with van der Waals surface area (Å²) in [6.45, 7) is 3.28. The molecule has 2 rings (SSSR count). The molecular weight excluding hydrogens is 196 g/mol. The Balaban J connectivity index is 2.02. The van der Waals surface area contributed by atoms with Gasteiger partial charge in [-0.15, -0.1) is 0 Å². The van der Waals surface area contributed by atoms with E-state index in [2.05, 4.69) is 35.4 Å². The highest BCUT2D eigenvalue weighted by Gasteiger charge is 1.95. The van der Waals surface area contributed by atoms with Crippen molar-refractivity contribution in [3.63, 3.8) is 0 Å². The zero-order valence-corrected chi connectivity index (χ0v) is 9.74. The number of pyridine rings is 1. The van der Waals surface area contributed by atoms with Crippen LogP contribution in [0.3, 0.4) is 0 Å². The maximum atomic E-state index is 4.14. The van der Waals surface area contributed by atoms with E-state index in [0.29, 0.717) is 0 Å². The average Bonchev–Trinajstić information content (AvgIpc) is 2.34. The maximum absolute atomic E-state index is 4.14. The van der Waals surface area contributed by atoms with Crippen LogP contribution in [0.1, 0.15) is 26.2 Å². The van der Waals surface area contributed by atoms with Crippen LogP contribution in [0.4, 0.5) is 5.69 Å². The van der Waals surface area contributed by atoms with Crippen molar-refractivity contribution in [3.8, 4) is 0 Å². The molecule has 0 fully saturated rings. The van der Waals surface area contributed by atoms with Gasteiger partial charge >= 0.3 is 0 Å². The molecule has 0 saturated heterocycles. The van der Waals surface area contributed by atoms with Gasteiger partial charge in [0.1, 0.15) is 0 Å². The van der Waals surface area contributed by atoms with Crippen molar-refractivity contribution in [1.29, 1.82) is 0 Å². The first-order valence-electron chi connectivity index (χ1n) is 5.98. The van der Waals surface area contributed by atoms with E-state index in [1.54, 1.807) is 0 Å². The summed E-state index contributed by atoms with van der Waals surface area (Å²) < 4.78 is 0. The summed E-state index contributed by atoms with van der Waals surface area (Å²) in [6.07, 6.45) is 7.54. The number of hydrogen-bond donors (Lipinski definition) is 1. The summed E-state index contributed by atoms with van der Waals surface area (Å²) in [6, 6.07) is 8.47. The van der Waals surface area contributed by atoms with Crippen LogP contribution in [0, 0.1) is 0 Å². The van der Waals surface area contributed by atoms with Gasteiger partial charge in [-0.2, -0.15) is 0 Å². The van der Waals surface area contributed by atoms with Gasteiger partial charge in [-0.25, -0.2) is 0 Å². The Labute approximate surface area is 96.7 Å². The second-order valence-corrected chi connectivity index (χ2v) is 4.07.